The lowest BCUT2D eigenvalue weighted by molar-refractivity contribution is 0.414. The van der Waals surface area contributed by atoms with E-state index in [1.54, 1.807) is 7.11 Å². The summed E-state index contributed by atoms with van der Waals surface area (Å²) in [6, 6.07) is 8.32. The summed E-state index contributed by atoms with van der Waals surface area (Å²) in [4.78, 5) is 0. The Morgan fingerprint density at radius 1 is 1.07 bits per heavy atom. The number of benzene rings is 1. The summed E-state index contributed by atoms with van der Waals surface area (Å²) in [6.45, 7) is 6.70. The van der Waals surface area contributed by atoms with Crippen LogP contribution in [0.15, 0.2) is 24.3 Å². The number of hydrogen-bond donors (Lipinski definition) is 0. The van der Waals surface area contributed by atoms with Crippen molar-refractivity contribution < 1.29 is 4.74 Å². The van der Waals surface area contributed by atoms with E-state index in [1.165, 1.54) is 5.56 Å². The molecule has 1 unspecified atom stereocenters. The maximum Gasteiger partial charge on any atom is 0.118 e. The number of hydrogen-bond acceptors (Lipinski definition) is 2. The molecule has 0 fully saturated rings. The first kappa shape index (κ1) is 11.4. The van der Waals surface area contributed by atoms with Gasteiger partial charge in [-0.3, -0.25) is 0 Å². The molecular weight excluding hydrogens is 192 g/mol. The zero-order valence-electron chi connectivity index (χ0n) is 9.28. The molecule has 0 radical (unpaired) electrons. The predicted octanol–water partition coefficient (Wildman–Crippen LogP) is 3.90. The Kier molecular flexibility index (Phi) is 4.33. The zero-order chi connectivity index (χ0) is 10.6. The quantitative estimate of drug-likeness (QED) is 0.745. The normalized spacial score (nSPS) is 12.9. The molecule has 0 spiro atoms. The largest absolute Gasteiger partial charge is 0.497 e. The van der Waals surface area contributed by atoms with E-state index in [2.05, 4.69) is 32.9 Å². The highest BCUT2D eigenvalue weighted by Crippen LogP contribution is 2.31. The minimum Gasteiger partial charge on any atom is -0.497 e. The molecule has 0 amide bonds. The van der Waals surface area contributed by atoms with Crippen LogP contribution < -0.4 is 4.74 Å². The third-order valence-corrected chi connectivity index (χ3v) is 3.29. The highest BCUT2D eigenvalue weighted by molar-refractivity contribution is 8.00. The lowest BCUT2D eigenvalue weighted by atomic mass is 10.2. The summed E-state index contributed by atoms with van der Waals surface area (Å²) in [6.07, 6.45) is 0. The van der Waals surface area contributed by atoms with Gasteiger partial charge in [0.05, 0.1) is 7.11 Å². The third kappa shape index (κ3) is 3.26. The van der Waals surface area contributed by atoms with Gasteiger partial charge in [0.15, 0.2) is 0 Å². The first-order valence-electron chi connectivity index (χ1n) is 4.93. The second kappa shape index (κ2) is 5.30. The summed E-state index contributed by atoms with van der Waals surface area (Å²) in [5, 5.41) is 1.23. The summed E-state index contributed by atoms with van der Waals surface area (Å²) < 4.78 is 5.12. The van der Waals surface area contributed by atoms with Gasteiger partial charge in [-0.25, -0.2) is 0 Å². The fourth-order valence-corrected chi connectivity index (χ4v) is 2.49. The van der Waals surface area contributed by atoms with Crippen molar-refractivity contribution in [1.29, 1.82) is 0 Å². The van der Waals surface area contributed by atoms with E-state index < -0.39 is 0 Å². The average molecular weight is 210 g/mol. The summed E-state index contributed by atoms with van der Waals surface area (Å²) in [5.74, 6) is 0.926. The van der Waals surface area contributed by atoms with Crippen molar-refractivity contribution in [1.82, 2.24) is 0 Å². The topological polar surface area (TPSA) is 9.23 Å². The predicted molar refractivity (Wildman–Crippen MR) is 64.1 cm³/mol. The second-order valence-electron chi connectivity index (χ2n) is 3.60. The first-order valence-corrected chi connectivity index (χ1v) is 5.87. The van der Waals surface area contributed by atoms with Gasteiger partial charge < -0.3 is 4.74 Å². The van der Waals surface area contributed by atoms with E-state index in [0.29, 0.717) is 10.5 Å². The third-order valence-electron chi connectivity index (χ3n) is 2.06. The minimum atomic E-state index is 0.556. The highest BCUT2D eigenvalue weighted by atomic mass is 32.2. The van der Waals surface area contributed by atoms with Crippen LogP contribution in [0.1, 0.15) is 31.6 Å². The van der Waals surface area contributed by atoms with E-state index in [-0.39, 0.29) is 0 Å². The molecule has 1 aromatic rings. The van der Waals surface area contributed by atoms with Crippen molar-refractivity contribution in [2.24, 2.45) is 0 Å². The van der Waals surface area contributed by atoms with Crippen molar-refractivity contribution in [3.8, 4) is 5.75 Å². The van der Waals surface area contributed by atoms with Crippen LogP contribution >= 0.6 is 11.8 Å². The van der Waals surface area contributed by atoms with Crippen LogP contribution in [0.3, 0.4) is 0 Å². The molecule has 0 N–H and O–H groups in total. The van der Waals surface area contributed by atoms with Crippen molar-refractivity contribution in [2.75, 3.05) is 7.11 Å². The van der Waals surface area contributed by atoms with Crippen LogP contribution in [0.2, 0.25) is 0 Å². The summed E-state index contributed by atoms with van der Waals surface area (Å²) >= 11 is 1.98. The van der Waals surface area contributed by atoms with Gasteiger partial charge in [0, 0.05) is 5.25 Å². The van der Waals surface area contributed by atoms with E-state index >= 15 is 0 Å². The van der Waals surface area contributed by atoms with Gasteiger partial charge in [-0.05, 0) is 29.9 Å². The smallest absolute Gasteiger partial charge is 0.118 e. The standard InChI is InChI=1S/C12H18OS/c1-9(2)14-10(3)11-5-7-12(13-4)8-6-11/h5-10H,1-4H3. The van der Waals surface area contributed by atoms with Crippen molar-refractivity contribution in [3.63, 3.8) is 0 Å². The second-order valence-corrected chi connectivity index (χ2v) is 5.52. The highest BCUT2D eigenvalue weighted by Gasteiger charge is 2.07. The molecule has 0 saturated heterocycles. The number of ether oxygens (including phenoxy) is 1. The molecule has 2 heteroatoms. The summed E-state index contributed by atoms with van der Waals surface area (Å²) in [5.41, 5.74) is 1.37. The van der Waals surface area contributed by atoms with Crippen LogP contribution in [0.5, 0.6) is 5.75 Å². The molecule has 14 heavy (non-hydrogen) atoms. The number of thioether (sulfide) groups is 1. The monoisotopic (exact) mass is 210 g/mol. The Morgan fingerprint density at radius 3 is 2.07 bits per heavy atom. The van der Waals surface area contributed by atoms with E-state index in [9.17, 15) is 0 Å². The average Bonchev–Trinajstić information content (AvgIpc) is 2.17. The van der Waals surface area contributed by atoms with Crippen LogP contribution in [0.4, 0.5) is 0 Å². The zero-order valence-corrected chi connectivity index (χ0v) is 10.1. The Morgan fingerprint density at radius 2 is 1.64 bits per heavy atom. The molecule has 0 aliphatic rings. The molecule has 1 nitrogen and oxygen atoms in total. The molecule has 0 heterocycles. The molecule has 78 valence electrons. The molecule has 0 aliphatic carbocycles. The molecule has 0 bridgehead atoms. The Balaban J connectivity index is 2.66. The van der Waals surface area contributed by atoms with Gasteiger partial charge in [0.2, 0.25) is 0 Å². The van der Waals surface area contributed by atoms with Crippen LogP contribution in [0.25, 0.3) is 0 Å². The Bertz CT molecular complexity index is 266. The van der Waals surface area contributed by atoms with Crippen molar-refractivity contribution in [3.05, 3.63) is 29.8 Å². The van der Waals surface area contributed by atoms with Crippen LogP contribution in [0, 0.1) is 0 Å². The number of methoxy groups -OCH3 is 1. The van der Waals surface area contributed by atoms with Gasteiger partial charge in [-0.2, -0.15) is 11.8 Å². The molecule has 0 aromatic heterocycles. The minimum absolute atomic E-state index is 0.556. The van der Waals surface area contributed by atoms with Gasteiger partial charge in [-0.1, -0.05) is 26.0 Å². The van der Waals surface area contributed by atoms with Gasteiger partial charge in [0.25, 0.3) is 0 Å². The molecule has 1 atom stereocenters. The van der Waals surface area contributed by atoms with Crippen molar-refractivity contribution >= 4 is 11.8 Å². The van der Waals surface area contributed by atoms with E-state index in [4.69, 9.17) is 4.74 Å². The molecule has 0 saturated carbocycles. The van der Waals surface area contributed by atoms with E-state index in [0.717, 1.165) is 5.75 Å². The first-order chi connectivity index (χ1) is 6.63. The Labute approximate surface area is 90.9 Å². The van der Waals surface area contributed by atoms with E-state index in [1.807, 2.05) is 23.9 Å². The summed E-state index contributed by atoms with van der Waals surface area (Å²) in [7, 11) is 1.70. The molecule has 0 aliphatic heterocycles. The van der Waals surface area contributed by atoms with Crippen LogP contribution in [-0.4, -0.2) is 12.4 Å². The van der Waals surface area contributed by atoms with Gasteiger partial charge >= 0.3 is 0 Å². The Hall–Kier alpha value is -0.630. The maximum atomic E-state index is 5.12. The fraction of sp³-hybridized carbons (Fsp3) is 0.500. The molecular formula is C12H18OS. The van der Waals surface area contributed by atoms with Gasteiger partial charge in [-0.15, -0.1) is 0 Å². The fourth-order valence-electron chi connectivity index (χ4n) is 1.36. The SMILES string of the molecule is COc1ccc(C(C)SC(C)C)cc1. The van der Waals surface area contributed by atoms with Crippen molar-refractivity contribution in [2.45, 2.75) is 31.3 Å². The maximum absolute atomic E-state index is 5.12. The number of rotatable bonds is 4. The molecule has 1 aromatic carbocycles. The lowest BCUT2D eigenvalue weighted by Crippen LogP contribution is -1.94. The lowest BCUT2D eigenvalue weighted by Gasteiger charge is -2.14. The van der Waals surface area contributed by atoms with Crippen LogP contribution in [-0.2, 0) is 0 Å². The van der Waals surface area contributed by atoms with Gasteiger partial charge in [0.1, 0.15) is 5.75 Å². The molecule has 1 rings (SSSR count).